The van der Waals surface area contributed by atoms with E-state index in [1.165, 1.54) is 31.4 Å². The summed E-state index contributed by atoms with van der Waals surface area (Å²) < 4.78 is 15.0. The Morgan fingerprint density at radius 3 is 2.40 bits per heavy atom. The molecule has 2 nitrogen and oxygen atoms in total. The fourth-order valence-electron chi connectivity index (χ4n) is 3.34. The molecule has 1 aromatic heterocycles. The second-order valence-corrected chi connectivity index (χ2v) is 6.71. The lowest BCUT2D eigenvalue weighted by molar-refractivity contribution is 0.220. The number of rotatable bonds is 2. The zero-order valence-corrected chi connectivity index (χ0v) is 12.4. The Hall–Kier alpha value is -1.64. The van der Waals surface area contributed by atoms with E-state index in [-0.39, 0.29) is 16.6 Å². The summed E-state index contributed by atoms with van der Waals surface area (Å²) in [5.41, 5.74) is 2.49. The van der Waals surface area contributed by atoms with Crippen molar-refractivity contribution in [3.8, 4) is 5.69 Å². The van der Waals surface area contributed by atoms with Gasteiger partial charge in [-0.2, -0.15) is 0 Å². The van der Waals surface area contributed by atoms with E-state index in [1.54, 1.807) is 12.1 Å². The quantitative estimate of drug-likeness (QED) is 0.788. The molecule has 1 heterocycles. The van der Waals surface area contributed by atoms with Gasteiger partial charge in [-0.3, -0.25) is 0 Å². The number of imidazole rings is 1. The van der Waals surface area contributed by atoms with Gasteiger partial charge in [0.05, 0.1) is 12.0 Å². The van der Waals surface area contributed by atoms with Crippen molar-refractivity contribution in [2.45, 2.75) is 45.4 Å². The van der Waals surface area contributed by atoms with E-state index in [1.807, 2.05) is 10.9 Å². The minimum atomic E-state index is -0.210. The minimum absolute atomic E-state index is 0.123. The summed E-state index contributed by atoms with van der Waals surface area (Å²) in [5, 5.41) is 0. The van der Waals surface area contributed by atoms with Crippen molar-refractivity contribution in [2.75, 3.05) is 0 Å². The van der Waals surface area contributed by atoms with Crippen LogP contribution in [0.15, 0.2) is 36.8 Å². The molecular weight excluding hydrogens is 251 g/mol. The molecule has 1 saturated carbocycles. The summed E-state index contributed by atoms with van der Waals surface area (Å²) in [4.78, 5) is 4.63. The highest BCUT2D eigenvalue weighted by molar-refractivity contribution is 5.33. The number of aromatic nitrogens is 2. The fourth-order valence-corrected chi connectivity index (χ4v) is 3.34. The van der Waals surface area contributed by atoms with Crippen molar-refractivity contribution in [3.05, 3.63) is 48.3 Å². The fraction of sp³-hybridized carbons (Fsp3) is 0.471. The Labute approximate surface area is 119 Å². The second-order valence-electron chi connectivity index (χ2n) is 6.71. The molecule has 1 unspecified atom stereocenters. The molecule has 20 heavy (non-hydrogen) atoms. The van der Waals surface area contributed by atoms with Gasteiger partial charge in [0.25, 0.3) is 0 Å². The van der Waals surface area contributed by atoms with Crippen molar-refractivity contribution in [2.24, 2.45) is 5.41 Å². The van der Waals surface area contributed by atoms with Crippen molar-refractivity contribution >= 4 is 0 Å². The maximum atomic E-state index is 13.0. The molecule has 3 rings (SSSR count). The smallest absolute Gasteiger partial charge is 0.123 e. The van der Waals surface area contributed by atoms with Gasteiger partial charge in [-0.25, -0.2) is 9.37 Å². The number of hydrogen-bond donors (Lipinski definition) is 0. The monoisotopic (exact) mass is 272 g/mol. The van der Waals surface area contributed by atoms with Gasteiger partial charge in [0, 0.05) is 17.3 Å². The molecular formula is C17H21FN2. The molecule has 106 valence electrons. The molecule has 0 saturated heterocycles. The average Bonchev–Trinajstić information content (AvgIpc) is 2.97. The summed E-state index contributed by atoms with van der Waals surface area (Å²) >= 11 is 0. The van der Waals surface area contributed by atoms with Crippen molar-refractivity contribution < 1.29 is 4.39 Å². The molecule has 1 aromatic carbocycles. The molecule has 1 atom stereocenters. The van der Waals surface area contributed by atoms with Gasteiger partial charge in [-0.05, 0) is 42.5 Å². The van der Waals surface area contributed by atoms with E-state index in [0.717, 1.165) is 11.4 Å². The van der Waals surface area contributed by atoms with Crippen molar-refractivity contribution in [1.82, 2.24) is 9.55 Å². The van der Waals surface area contributed by atoms with Crippen molar-refractivity contribution in [1.29, 1.82) is 0 Å². The van der Waals surface area contributed by atoms with Crippen LogP contribution in [0, 0.1) is 11.2 Å². The van der Waals surface area contributed by atoms with Crippen LogP contribution in [0.3, 0.4) is 0 Å². The molecule has 1 aliphatic rings. The van der Waals surface area contributed by atoms with E-state index in [9.17, 15) is 4.39 Å². The molecule has 3 heteroatoms. The summed E-state index contributed by atoms with van der Waals surface area (Å²) in [5.74, 6) is -0.210. The zero-order valence-electron chi connectivity index (χ0n) is 12.4. The first-order valence-electron chi connectivity index (χ1n) is 7.23. The number of hydrogen-bond acceptors (Lipinski definition) is 1. The SMILES string of the molecule is CC1(C)CCCC1(C)c1cn(-c2ccc(F)cc2)cn1. The van der Waals surface area contributed by atoms with E-state index in [4.69, 9.17) is 0 Å². The summed E-state index contributed by atoms with van der Waals surface area (Å²) in [6.07, 6.45) is 7.61. The van der Waals surface area contributed by atoms with Gasteiger partial charge >= 0.3 is 0 Å². The number of benzene rings is 1. The first kappa shape index (κ1) is 13.3. The molecule has 0 aliphatic heterocycles. The lowest BCUT2D eigenvalue weighted by Gasteiger charge is -2.37. The third kappa shape index (κ3) is 1.96. The Kier molecular flexibility index (Phi) is 2.96. The van der Waals surface area contributed by atoms with Gasteiger partial charge in [-0.1, -0.05) is 27.2 Å². The molecule has 2 aromatic rings. The molecule has 1 fully saturated rings. The van der Waals surface area contributed by atoms with Gasteiger partial charge in [0.1, 0.15) is 5.82 Å². The van der Waals surface area contributed by atoms with Crippen LogP contribution in [0.25, 0.3) is 5.69 Å². The molecule has 0 spiro atoms. The molecule has 0 N–H and O–H groups in total. The molecule has 0 amide bonds. The third-order valence-corrected chi connectivity index (χ3v) is 5.24. The Balaban J connectivity index is 1.96. The standard InChI is InChI=1S/C17H21FN2/c1-16(2)9-4-10-17(16,3)15-11-20(12-19-15)14-7-5-13(18)6-8-14/h5-8,11-12H,4,9-10H2,1-3H3. The Morgan fingerprint density at radius 1 is 1.10 bits per heavy atom. The van der Waals surface area contributed by atoms with Crippen LogP contribution in [-0.4, -0.2) is 9.55 Å². The maximum absolute atomic E-state index is 13.0. The summed E-state index contributed by atoms with van der Waals surface area (Å²) in [7, 11) is 0. The van der Waals surface area contributed by atoms with Crippen LogP contribution in [-0.2, 0) is 5.41 Å². The molecule has 0 radical (unpaired) electrons. The van der Waals surface area contributed by atoms with Gasteiger partial charge in [0.15, 0.2) is 0 Å². The number of nitrogens with zero attached hydrogens (tertiary/aromatic N) is 2. The van der Waals surface area contributed by atoms with Crippen molar-refractivity contribution in [3.63, 3.8) is 0 Å². The topological polar surface area (TPSA) is 17.8 Å². The lowest BCUT2D eigenvalue weighted by atomic mass is 9.67. The summed E-state index contributed by atoms with van der Waals surface area (Å²) in [6.45, 7) is 6.98. The van der Waals surface area contributed by atoms with Crippen LogP contribution in [0.2, 0.25) is 0 Å². The highest BCUT2D eigenvalue weighted by Gasteiger charge is 2.47. The molecule has 0 bridgehead atoms. The average molecular weight is 272 g/mol. The van der Waals surface area contributed by atoms with Crippen LogP contribution in [0.1, 0.15) is 45.7 Å². The summed E-state index contributed by atoms with van der Waals surface area (Å²) in [6, 6.07) is 6.53. The second kappa shape index (κ2) is 4.44. The van der Waals surface area contributed by atoms with Crippen LogP contribution >= 0.6 is 0 Å². The van der Waals surface area contributed by atoms with Crippen LogP contribution in [0.4, 0.5) is 4.39 Å². The third-order valence-electron chi connectivity index (χ3n) is 5.24. The highest BCUT2D eigenvalue weighted by Crippen LogP contribution is 2.53. The van der Waals surface area contributed by atoms with E-state index < -0.39 is 0 Å². The van der Waals surface area contributed by atoms with E-state index in [2.05, 4.69) is 32.0 Å². The van der Waals surface area contributed by atoms with Gasteiger partial charge in [0.2, 0.25) is 0 Å². The number of halogens is 1. The van der Waals surface area contributed by atoms with E-state index >= 15 is 0 Å². The van der Waals surface area contributed by atoms with Gasteiger partial charge in [-0.15, -0.1) is 0 Å². The first-order valence-corrected chi connectivity index (χ1v) is 7.23. The lowest BCUT2D eigenvalue weighted by Crippen LogP contribution is -2.34. The minimum Gasteiger partial charge on any atom is -0.306 e. The predicted molar refractivity (Wildman–Crippen MR) is 78.5 cm³/mol. The molecule has 1 aliphatic carbocycles. The first-order chi connectivity index (χ1) is 9.42. The van der Waals surface area contributed by atoms with Crippen LogP contribution in [0.5, 0.6) is 0 Å². The Morgan fingerprint density at radius 2 is 1.80 bits per heavy atom. The maximum Gasteiger partial charge on any atom is 0.123 e. The van der Waals surface area contributed by atoms with Crippen LogP contribution < -0.4 is 0 Å². The Bertz CT molecular complexity index is 612. The zero-order chi connectivity index (χ0) is 14.4. The normalized spacial score (nSPS) is 25.0. The predicted octanol–water partition coefficient (Wildman–Crippen LogP) is 4.48. The highest BCUT2D eigenvalue weighted by atomic mass is 19.1. The van der Waals surface area contributed by atoms with E-state index in [0.29, 0.717) is 0 Å². The largest absolute Gasteiger partial charge is 0.306 e. The van der Waals surface area contributed by atoms with Gasteiger partial charge < -0.3 is 4.57 Å².